The van der Waals surface area contributed by atoms with E-state index in [9.17, 15) is 4.79 Å². The molecule has 0 unspecified atom stereocenters. The van der Waals surface area contributed by atoms with Crippen LogP contribution < -0.4 is 10.6 Å². The summed E-state index contributed by atoms with van der Waals surface area (Å²) in [5, 5.41) is 6.38. The third kappa shape index (κ3) is 6.49. The van der Waals surface area contributed by atoms with Crippen molar-refractivity contribution >= 4 is 35.8 Å². The summed E-state index contributed by atoms with van der Waals surface area (Å²) in [4.78, 5) is 18.7. The largest absolute Gasteiger partial charge is 0.357 e. The van der Waals surface area contributed by atoms with Gasteiger partial charge in [-0.3, -0.25) is 4.79 Å². The molecule has 5 nitrogen and oxygen atoms in total. The third-order valence-corrected chi connectivity index (χ3v) is 4.45. The van der Waals surface area contributed by atoms with Crippen LogP contribution in [0.5, 0.6) is 0 Å². The minimum Gasteiger partial charge on any atom is -0.357 e. The van der Waals surface area contributed by atoms with Crippen LogP contribution in [0.4, 0.5) is 0 Å². The molecule has 0 saturated carbocycles. The quantitative estimate of drug-likeness (QED) is 0.406. The molecule has 1 heterocycles. The molecule has 1 aromatic carbocycles. The number of hydrogen-bond donors (Lipinski definition) is 2. The summed E-state index contributed by atoms with van der Waals surface area (Å²) in [6, 6.07) is 4.38. The second-order valence-corrected chi connectivity index (χ2v) is 6.51. The van der Waals surface area contributed by atoms with Crippen LogP contribution in [0, 0.1) is 20.8 Å². The molecular weight excluding hydrogens is 427 g/mol. The number of benzene rings is 1. The van der Waals surface area contributed by atoms with Gasteiger partial charge in [0.2, 0.25) is 5.91 Å². The molecule has 140 valence electrons. The summed E-state index contributed by atoms with van der Waals surface area (Å²) in [6.07, 6.45) is 2.23. The molecule has 1 amide bonds. The Kier molecular flexibility index (Phi) is 9.24. The van der Waals surface area contributed by atoms with Crippen molar-refractivity contribution in [2.24, 2.45) is 4.99 Å². The lowest BCUT2D eigenvalue weighted by Crippen LogP contribution is -2.44. The van der Waals surface area contributed by atoms with Crippen molar-refractivity contribution in [2.45, 2.75) is 47.1 Å². The Hall–Kier alpha value is -1.31. The number of rotatable bonds is 5. The maximum Gasteiger partial charge on any atom is 0.241 e. The Bertz CT molecular complexity index is 586. The van der Waals surface area contributed by atoms with Gasteiger partial charge in [0.15, 0.2) is 5.96 Å². The molecule has 6 heteroatoms. The van der Waals surface area contributed by atoms with E-state index in [4.69, 9.17) is 0 Å². The van der Waals surface area contributed by atoms with Crippen LogP contribution in [0.2, 0.25) is 0 Å². The Morgan fingerprint density at radius 1 is 1.12 bits per heavy atom. The van der Waals surface area contributed by atoms with Crippen molar-refractivity contribution in [1.29, 1.82) is 0 Å². The summed E-state index contributed by atoms with van der Waals surface area (Å²) in [7, 11) is 0. The zero-order chi connectivity index (χ0) is 17.5. The molecular formula is C19H31IN4O. The van der Waals surface area contributed by atoms with Gasteiger partial charge < -0.3 is 15.5 Å². The number of guanidine groups is 1. The first-order valence-corrected chi connectivity index (χ1v) is 8.88. The molecule has 1 fully saturated rings. The molecule has 1 aliphatic heterocycles. The number of aryl methyl sites for hydroxylation is 3. The SMILES string of the molecule is CCNC(=NCc1c(C)cc(C)cc1C)NCC(=O)N1CCCC1.I. The highest BCUT2D eigenvalue weighted by Crippen LogP contribution is 2.17. The highest BCUT2D eigenvalue weighted by Gasteiger charge is 2.17. The molecule has 0 aliphatic carbocycles. The van der Waals surface area contributed by atoms with Gasteiger partial charge >= 0.3 is 0 Å². The predicted octanol–water partition coefficient (Wildman–Crippen LogP) is 2.91. The van der Waals surface area contributed by atoms with Crippen LogP contribution >= 0.6 is 24.0 Å². The van der Waals surface area contributed by atoms with Crippen LogP contribution in [0.15, 0.2) is 17.1 Å². The molecule has 1 aliphatic rings. The number of amides is 1. The summed E-state index contributed by atoms with van der Waals surface area (Å²) < 4.78 is 0. The van der Waals surface area contributed by atoms with Gasteiger partial charge in [0.05, 0.1) is 13.1 Å². The number of carbonyl (C=O) groups excluding carboxylic acids is 1. The van der Waals surface area contributed by atoms with Crippen LogP contribution in [-0.2, 0) is 11.3 Å². The first-order valence-electron chi connectivity index (χ1n) is 8.88. The van der Waals surface area contributed by atoms with Gasteiger partial charge in [-0.25, -0.2) is 4.99 Å². The first-order chi connectivity index (χ1) is 11.5. The average Bonchev–Trinajstić information content (AvgIpc) is 3.05. The Balaban J connectivity index is 0.00000312. The normalized spacial score (nSPS) is 14.2. The number of likely N-dealkylation sites (tertiary alicyclic amines) is 1. The summed E-state index contributed by atoms with van der Waals surface area (Å²) in [5.74, 6) is 0.852. The molecule has 25 heavy (non-hydrogen) atoms. The van der Waals surface area contributed by atoms with Crippen molar-refractivity contribution in [1.82, 2.24) is 15.5 Å². The molecule has 2 rings (SSSR count). The number of nitrogens with one attached hydrogen (secondary N) is 2. The zero-order valence-corrected chi connectivity index (χ0v) is 18.1. The van der Waals surface area contributed by atoms with E-state index < -0.39 is 0 Å². The van der Waals surface area contributed by atoms with Crippen molar-refractivity contribution in [3.8, 4) is 0 Å². The van der Waals surface area contributed by atoms with E-state index in [-0.39, 0.29) is 29.9 Å². The van der Waals surface area contributed by atoms with Crippen molar-refractivity contribution in [3.05, 3.63) is 34.4 Å². The fourth-order valence-corrected chi connectivity index (χ4v) is 3.20. The molecule has 1 saturated heterocycles. The Labute approximate surface area is 168 Å². The maximum absolute atomic E-state index is 12.2. The van der Waals surface area contributed by atoms with Crippen LogP contribution in [0.1, 0.15) is 42.0 Å². The van der Waals surface area contributed by atoms with Crippen LogP contribution in [-0.4, -0.2) is 42.9 Å². The topological polar surface area (TPSA) is 56.7 Å². The predicted molar refractivity (Wildman–Crippen MR) is 115 cm³/mol. The summed E-state index contributed by atoms with van der Waals surface area (Å²) >= 11 is 0. The van der Waals surface area contributed by atoms with Crippen molar-refractivity contribution in [2.75, 3.05) is 26.2 Å². The van der Waals surface area contributed by atoms with Gasteiger partial charge in [0.1, 0.15) is 0 Å². The lowest BCUT2D eigenvalue weighted by atomic mass is 10.00. The third-order valence-electron chi connectivity index (χ3n) is 4.45. The van der Waals surface area contributed by atoms with Crippen LogP contribution in [0.25, 0.3) is 0 Å². The second-order valence-electron chi connectivity index (χ2n) is 6.51. The van der Waals surface area contributed by atoms with E-state index in [0.29, 0.717) is 19.0 Å². The number of hydrogen-bond acceptors (Lipinski definition) is 2. The highest BCUT2D eigenvalue weighted by molar-refractivity contribution is 14.0. The number of aliphatic imine (C=N–C) groups is 1. The minimum absolute atomic E-state index is 0. The average molecular weight is 458 g/mol. The van der Waals surface area contributed by atoms with E-state index >= 15 is 0 Å². The molecule has 0 radical (unpaired) electrons. The molecule has 2 N–H and O–H groups in total. The standard InChI is InChI=1S/C19H30N4O.HI/c1-5-20-19(22-13-18(24)23-8-6-7-9-23)21-12-17-15(3)10-14(2)11-16(17)4;/h10-11H,5-9,12-13H2,1-4H3,(H2,20,21,22);1H. The molecule has 0 spiro atoms. The zero-order valence-electron chi connectivity index (χ0n) is 15.8. The van der Waals surface area contributed by atoms with Gasteiger partial charge in [0, 0.05) is 19.6 Å². The monoisotopic (exact) mass is 458 g/mol. The van der Waals surface area contributed by atoms with Gasteiger partial charge in [-0.1, -0.05) is 17.7 Å². The number of nitrogens with zero attached hydrogens (tertiary/aromatic N) is 2. The maximum atomic E-state index is 12.2. The second kappa shape index (κ2) is 10.6. The lowest BCUT2D eigenvalue weighted by molar-refractivity contribution is -0.128. The number of halogens is 1. The lowest BCUT2D eigenvalue weighted by Gasteiger charge is -2.17. The van der Waals surface area contributed by atoms with Gasteiger partial charge in [-0.05, 0) is 57.2 Å². The Morgan fingerprint density at radius 3 is 2.28 bits per heavy atom. The summed E-state index contributed by atoms with van der Waals surface area (Å²) in [5.41, 5.74) is 5.06. The summed E-state index contributed by atoms with van der Waals surface area (Å²) in [6.45, 7) is 11.9. The Morgan fingerprint density at radius 2 is 1.72 bits per heavy atom. The van der Waals surface area contributed by atoms with E-state index in [1.54, 1.807) is 0 Å². The molecule has 0 atom stereocenters. The van der Waals surface area contributed by atoms with E-state index in [1.807, 2.05) is 11.8 Å². The minimum atomic E-state index is 0. The van der Waals surface area contributed by atoms with E-state index in [1.165, 1.54) is 22.3 Å². The van der Waals surface area contributed by atoms with E-state index in [0.717, 1.165) is 32.5 Å². The molecule has 0 aromatic heterocycles. The smallest absolute Gasteiger partial charge is 0.241 e. The van der Waals surface area contributed by atoms with Gasteiger partial charge in [-0.2, -0.15) is 0 Å². The highest BCUT2D eigenvalue weighted by atomic mass is 127. The first kappa shape index (κ1) is 21.7. The van der Waals surface area contributed by atoms with Crippen molar-refractivity contribution in [3.63, 3.8) is 0 Å². The molecule has 0 bridgehead atoms. The van der Waals surface area contributed by atoms with Gasteiger partial charge in [-0.15, -0.1) is 24.0 Å². The molecule has 1 aromatic rings. The fraction of sp³-hybridized carbons (Fsp3) is 0.579. The number of carbonyl (C=O) groups is 1. The van der Waals surface area contributed by atoms with Crippen LogP contribution in [0.3, 0.4) is 0 Å². The fourth-order valence-electron chi connectivity index (χ4n) is 3.20. The van der Waals surface area contributed by atoms with E-state index in [2.05, 4.69) is 48.5 Å². The van der Waals surface area contributed by atoms with Crippen molar-refractivity contribution < 1.29 is 4.79 Å². The van der Waals surface area contributed by atoms with Gasteiger partial charge in [0.25, 0.3) is 0 Å².